The molecule has 4 heteroatoms. The lowest BCUT2D eigenvalue weighted by atomic mass is 10.1. The molecule has 2 rings (SSSR count). The summed E-state index contributed by atoms with van der Waals surface area (Å²) < 4.78 is 7.01. The van der Waals surface area contributed by atoms with E-state index in [4.69, 9.17) is 15.5 Å². The number of para-hydroxylation sites is 1. The van der Waals surface area contributed by atoms with Crippen LogP contribution in [0.2, 0.25) is 0 Å². The van der Waals surface area contributed by atoms with Crippen molar-refractivity contribution < 1.29 is 4.74 Å². The number of hydrogen-bond donors (Lipinski definition) is 1. The van der Waals surface area contributed by atoms with E-state index < -0.39 is 0 Å². The highest BCUT2D eigenvalue weighted by molar-refractivity contribution is 7.18. The Morgan fingerprint density at radius 3 is 2.79 bits per heavy atom. The van der Waals surface area contributed by atoms with Gasteiger partial charge in [0.1, 0.15) is 17.9 Å². The molecule has 3 nitrogen and oxygen atoms in total. The lowest BCUT2D eigenvalue weighted by Crippen LogP contribution is -2.26. The molecule has 0 aliphatic carbocycles. The zero-order valence-corrected chi connectivity index (χ0v) is 12.7. The van der Waals surface area contributed by atoms with Crippen molar-refractivity contribution in [2.45, 2.75) is 45.6 Å². The highest BCUT2D eigenvalue weighted by Crippen LogP contribution is 2.33. The van der Waals surface area contributed by atoms with Crippen molar-refractivity contribution in [1.29, 1.82) is 0 Å². The van der Waals surface area contributed by atoms with E-state index in [1.165, 1.54) is 9.71 Å². The van der Waals surface area contributed by atoms with Crippen LogP contribution in [-0.2, 0) is 0 Å². The molecular weight excluding hydrogens is 256 g/mol. The fourth-order valence-electron chi connectivity index (χ4n) is 1.76. The summed E-state index contributed by atoms with van der Waals surface area (Å²) in [5.41, 5.74) is 6.87. The molecule has 0 saturated heterocycles. The first-order valence-electron chi connectivity index (χ1n) is 6.93. The van der Waals surface area contributed by atoms with Crippen molar-refractivity contribution in [2.75, 3.05) is 6.61 Å². The van der Waals surface area contributed by atoms with Crippen LogP contribution in [0.5, 0.6) is 5.75 Å². The number of hydrogen-bond acceptors (Lipinski definition) is 4. The lowest BCUT2D eigenvalue weighted by molar-refractivity contribution is 0.288. The number of rotatable bonds is 6. The van der Waals surface area contributed by atoms with Gasteiger partial charge in [0.25, 0.3) is 0 Å². The highest BCUT2D eigenvalue weighted by atomic mass is 32.1. The van der Waals surface area contributed by atoms with Gasteiger partial charge < -0.3 is 10.5 Å². The minimum Gasteiger partial charge on any atom is -0.490 e. The third-order valence-corrected chi connectivity index (χ3v) is 4.66. The van der Waals surface area contributed by atoms with Gasteiger partial charge >= 0.3 is 0 Å². The minimum atomic E-state index is 0.0860. The maximum Gasteiger partial charge on any atom is 0.146 e. The van der Waals surface area contributed by atoms with E-state index in [1.807, 2.05) is 12.1 Å². The molecule has 0 saturated carbocycles. The molecule has 0 fully saturated rings. The Balaban J connectivity index is 2.26. The molecule has 0 aliphatic heterocycles. The van der Waals surface area contributed by atoms with Crippen molar-refractivity contribution in [3.63, 3.8) is 0 Å². The molecule has 0 aliphatic rings. The minimum absolute atomic E-state index is 0.0860. The van der Waals surface area contributed by atoms with Gasteiger partial charge in [-0.05, 0) is 25.0 Å². The Labute approximate surface area is 118 Å². The largest absolute Gasteiger partial charge is 0.490 e. The smallest absolute Gasteiger partial charge is 0.146 e. The molecule has 2 N–H and O–H groups in total. The fraction of sp³-hybridized carbons (Fsp3) is 0.533. The SMILES string of the molecule is CCC(N)COc1cccc2sc(C(C)CC)nc12. The first-order chi connectivity index (χ1) is 9.15. The summed E-state index contributed by atoms with van der Waals surface area (Å²) in [5, 5.41) is 1.19. The summed E-state index contributed by atoms with van der Waals surface area (Å²) in [6, 6.07) is 6.19. The third kappa shape index (κ3) is 3.25. The maximum absolute atomic E-state index is 5.90. The van der Waals surface area contributed by atoms with Crippen LogP contribution in [0.4, 0.5) is 0 Å². The molecule has 0 amide bonds. The van der Waals surface area contributed by atoms with Gasteiger partial charge in [-0.1, -0.05) is 26.8 Å². The van der Waals surface area contributed by atoms with Gasteiger partial charge in [0.2, 0.25) is 0 Å². The van der Waals surface area contributed by atoms with Crippen molar-refractivity contribution in [3.05, 3.63) is 23.2 Å². The summed E-state index contributed by atoms with van der Waals surface area (Å²) in [6.45, 7) is 7.02. The van der Waals surface area contributed by atoms with Crippen molar-refractivity contribution in [3.8, 4) is 5.75 Å². The number of nitrogens with zero attached hydrogens (tertiary/aromatic N) is 1. The van der Waals surface area contributed by atoms with Crippen LogP contribution >= 0.6 is 11.3 Å². The molecule has 1 aromatic carbocycles. The van der Waals surface area contributed by atoms with Crippen molar-refractivity contribution >= 4 is 21.6 Å². The molecule has 0 bridgehead atoms. The van der Waals surface area contributed by atoms with Crippen LogP contribution in [0.3, 0.4) is 0 Å². The van der Waals surface area contributed by atoms with E-state index in [-0.39, 0.29) is 6.04 Å². The molecule has 104 valence electrons. The Morgan fingerprint density at radius 1 is 1.32 bits per heavy atom. The number of nitrogens with two attached hydrogens (primary N) is 1. The van der Waals surface area contributed by atoms with Crippen LogP contribution in [-0.4, -0.2) is 17.6 Å². The number of thiazole rings is 1. The zero-order valence-electron chi connectivity index (χ0n) is 11.8. The quantitative estimate of drug-likeness (QED) is 0.871. The molecule has 2 aromatic rings. The van der Waals surface area contributed by atoms with Gasteiger partial charge in [-0.25, -0.2) is 4.98 Å². The van der Waals surface area contributed by atoms with E-state index >= 15 is 0 Å². The monoisotopic (exact) mass is 278 g/mol. The van der Waals surface area contributed by atoms with Gasteiger partial charge in [-0.3, -0.25) is 0 Å². The van der Waals surface area contributed by atoms with E-state index in [0.717, 1.165) is 24.1 Å². The zero-order chi connectivity index (χ0) is 13.8. The third-order valence-electron chi connectivity index (χ3n) is 3.41. The summed E-state index contributed by atoms with van der Waals surface area (Å²) in [4.78, 5) is 4.74. The number of fused-ring (bicyclic) bond motifs is 1. The Kier molecular flexibility index (Phi) is 4.77. The van der Waals surface area contributed by atoms with Crippen LogP contribution in [0, 0.1) is 0 Å². The first-order valence-corrected chi connectivity index (χ1v) is 7.75. The Morgan fingerprint density at radius 2 is 2.11 bits per heavy atom. The highest BCUT2D eigenvalue weighted by Gasteiger charge is 2.13. The average Bonchev–Trinajstić information content (AvgIpc) is 2.88. The van der Waals surface area contributed by atoms with Gasteiger partial charge in [0, 0.05) is 12.0 Å². The summed E-state index contributed by atoms with van der Waals surface area (Å²) in [6.07, 6.45) is 2.03. The van der Waals surface area contributed by atoms with Crippen LogP contribution in [0.15, 0.2) is 18.2 Å². The predicted octanol–water partition coefficient (Wildman–Crippen LogP) is 3.93. The van der Waals surface area contributed by atoms with Gasteiger partial charge in [-0.15, -0.1) is 11.3 Å². The van der Waals surface area contributed by atoms with Gasteiger partial charge in [0.05, 0.1) is 9.71 Å². The second kappa shape index (κ2) is 6.35. The predicted molar refractivity (Wildman–Crippen MR) is 82.1 cm³/mol. The van der Waals surface area contributed by atoms with Crippen LogP contribution in [0.25, 0.3) is 10.2 Å². The molecule has 19 heavy (non-hydrogen) atoms. The van der Waals surface area contributed by atoms with Gasteiger partial charge in [-0.2, -0.15) is 0 Å². The van der Waals surface area contributed by atoms with Crippen LogP contribution in [0.1, 0.15) is 44.5 Å². The second-order valence-electron chi connectivity index (χ2n) is 4.94. The first kappa shape index (κ1) is 14.3. The lowest BCUT2D eigenvalue weighted by Gasteiger charge is -2.11. The van der Waals surface area contributed by atoms with Gasteiger partial charge in [0.15, 0.2) is 0 Å². The topological polar surface area (TPSA) is 48.1 Å². The normalized spacial score (nSPS) is 14.5. The summed E-state index contributed by atoms with van der Waals surface area (Å²) >= 11 is 1.76. The maximum atomic E-state index is 5.90. The number of benzene rings is 1. The van der Waals surface area contributed by atoms with Crippen molar-refractivity contribution in [2.24, 2.45) is 5.73 Å². The molecule has 2 unspecified atom stereocenters. The standard InChI is InChI=1S/C15H22N2OS/c1-4-10(3)15-17-14-12(18-9-11(16)5-2)7-6-8-13(14)19-15/h6-8,10-11H,4-5,9,16H2,1-3H3. The summed E-state index contributed by atoms with van der Waals surface area (Å²) in [7, 11) is 0. The Hall–Kier alpha value is -1.13. The van der Waals surface area contributed by atoms with E-state index in [1.54, 1.807) is 11.3 Å². The number of aromatic nitrogens is 1. The molecule has 0 radical (unpaired) electrons. The number of ether oxygens (including phenoxy) is 1. The average molecular weight is 278 g/mol. The van der Waals surface area contributed by atoms with Crippen molar-refractivity contribution in [1.82, 2.24) is 4.98 Å². The summed E-state index contributed by atoms with van der Waals surface area (Å²) in [5.74, 6) is 1.36. The molecule has 1 heterocycles. The Bertz CT molecular complexity index is 538. The fourth-order valence-corrected chi connectivity index (χ4v) is 2.88. The van der Waals surface area contributed by atoms with E-state index in [9.17, 15) is 0 Å². The second-order valence-corrected chi connectivity index (χ2v) is 6.01. The molecule has 0 spiro atoms. The molecular formula is C15H22N2OS. The van der Waals surface area contributed by atoms with E-state index in [0.29, 0.717) is 12.5 Å². The van der Waals surface area contributed by atoms with E-state index in [2.05, 4.69) is 26.8 Å². The molecule has 2 atom stereocenters. The molecule has 1 aromatic heterocycles. The van der Waals surface area contributed by atoms with Crippen LogP contribution < -0.4 is 10.5 Å².